The van der Waals surface area contributed by atoms with E-state index in [1.54, 1.807) is 0 Å². The first-order chi connectivity index (χ1) is 4.15. The van der Waals surface area contributed by atoms with Crippen molar-refractivity contribution in [2.24, 2.45) is 0 Å². The van der Waals surface area contributed by atoms with Crippen LogP contribution in [0.15, 0.2) is 9.82 Å². The molecular weight excluding hydrogens is 649 g/mol. The molecule has 0 unspecified atom stereocenters. The van der Waals surface area contributed by atoms with E-state index in [0.717, 1.165) is 0 Å². The van der Waals surface area contributed by atoms with Crippen LogP contribution in [-0.2, 0) is 0 Å². The SMILES string of the molecule is C=[C]([Ge]([Br])([Br])[Br])[Ge]([Br])([Br])[Br]. The van der Waals surface area contributed by atoms with E-state index >= 15 is 0 Å². The van der Waals surface area contributed by atoms with E-state index in [0.29, 0.717) is 0 Å². The van der Waals surface area contributed by atoms with E-state index in [1.807, 2.05) is 0 Å². The van der Waals surface area contributed by atoms with Crippen LogP contribution in [0.1, 0.15) is 0 Å². The Hall–Kier alpha value is 3.71. The standard InChI is InChI=1S/C2H2Br6Ge2/c1-2(9(3,4)5)10(6,7)8/h1H2. The zero-order chi connectivity index (χ0) is 8.58. The zero-order valence-corrected chi connectivity index (χ0v) is 18.2. The molecule has 0 aromatic rings. The topological polar surface area (TPSA) is 0 Å². The van der Waals surface area contributed by atoms with Crippen LogP contribution in [0.5, 0.6) is 0 Å². The Morgan fingerprint density at radius 2 is 1.00 bits per heavy atom. The Kier molecular flexibility index (Phi) is 6.82. The number of hydrogen-bond donors (Lipinski definition) is 0. The minimum absolute atomic E-state index is 1.19. The molecule has 0 bridgehead atoms. The summed E-state index contributed by atoms with van der Waals surface area (Å²) in [6.45, 7) is 3.98. The second-order valence-corrected chi connectivity index (χ2v) is 80.6. The van der Waals surface area contributed by atoms with E-state index in [-0.39, 0.29) is 0 Å². The molecule has 0 nitrogen and oxygen atoms in total. The molecule has 0 aliphatic carbocycles. The first-order valence-corrected chi connectivity index (χ1v) is 33.6. The van der Waals surface area contributed by atoms with Gasteiger partial charge in [0.15, 0.2) is 0 Å². The van der Waals surface area contributed by atoms with Crippen LogP contribution in [-0.4, -0.2) is 15.5 Å². The van der Waals surface area contributed by atoms with Crippen LogP contribution < -0.4 is 0 Å². The molecule has 0 rings (SSSR count). The Balaban J connectivity index is 4.40. The van der Waals surface area contributed by atoms with Crippen molar-refractivity contribution in [2.75, 3.05) is 0 Å². The summed E-state index contributed by atoms with van der Waals surface area (Å²) in [5.74, 6) is 0. The van der Waals surface area contributed by atoms with E-state index < -0.39 is 15.5 Å². The maximum atomic E-state index is 3.98. The van der Waals surface area contributed by atoms with Crippen molar-refractivity contribution < 1.29 is 0 Å². The summed E-state index contributed by atoms with van der Waals surface area (Å²) in [4.78, 5) is 0. The average Bonchev–Trinajstić information content (AvgIpc) is 1.59. The molecule has 10 heavy (non-hydrogen) atoms. The van der Waals surface area contributed by atoms with Crippen molar-refractivity contribution in [2.45, 2.75) is 0 Å². The molecule has 0 atom stereocenters. The second-order valence-electron chi connectivity index (χ2n) is 1.47. The van der Waals surface area contributed by atoms with E-state index in [9.17, 15) is 0 Å². The van der Waals surface area contributed by atoms with Gasteiger partial charge in [-0.1, -0.05) is 0 Å². The Labute approximate surface area is 107 Å². The van der Waals surface area contributed by atoms with Gasteiger partial charge < -0.3 is 0 Å². The predicted molar refractivity (Wildman–Crippen MR) is 74.2 cm³/mol. The molecule has 0 amide bonds. The molecule has 0 aromatic carbocycles. The molecule has 0 aliphatic heterocycles. The Morgan fingerprint density at radius 1 is 0.800 bits per heavy atom. The normalized spacial score (nSPS) is 13.4. The second kappa shape index (κ2) is 4.98. The van der Waals surface area contributed by atoms with Gasteiger partial charge in [-0.05, 0) is 0 Å². The molecule has 0 aromatic heterocycles. The minimum atomic E-state index is -2.18. The Bertz CT molecular complexity index is 125. The van der Waals surface area contributed by atoms with Crippen molar-refractivity contribution >= 4 is 99.5 Å². The van der Waals surface area contributed by atoms with Gasteiger partial charge in [-0.25, -0.2) is 0 Å². The molecular formula is C2H2Br6Ge2. The van der Waals surface area contributed by atoms with Gasteiger partial charge in [0.2, 0.25) is 0 Å². The van der Waals surface area contributed by atoms with Crippen LogP contribution in [0.2, 0.25) is 0 Å². The molecule has 0 radical (unpaired) electrons. The third kappa shape index (κ3) is 5.44. The van der Waals surface area contributed by atoms with E-state index in [1.165, 1.54) is 3.24 Å². The zero-order valence-electron chi connectivity index (χ0n) is 4.47. The van der Waals surface area contributed by atoms with Crippen molar-refractivity contribution in [1.82, 2.24) is 0 Å². The molecule has 8 heteroatoms. The molecule has 0 saturated heterocycles. The van der Waals surface area contributed by atoms with Gasteiger partial charge in [0, 0.05) is 0 Å². The van der Waals surface area contributed by atoms with Gasteiger partial charge >= 0.3 is 109 Å². The van der Waals surface area contributed by atoms with Gasteiger partial charge in [0.1, 0.15) is 0 Å². The van der Waals surface area contributed by atoms with Gasteiger partial charge in [-0.3, -0.25) is 0 Å². The molecule has 0 aliphatic rings. The van der Waals surface area contributed by atoms with Crippen LogP contribution in [0.4, 0.5) is 0 Å². The summed E-state index contributed by atoms with van der Waals surface area (Å²) in [5.41, 5.74) is 0. The van der Waals surface area contributed by atoms with Crippen molar-refractivity contribution in [3.05, 3.63) is 9.82 Å². The van der Waals surface area contributed by atoms with Crippen LogP contribution in [0, 0.1) is 0 Å². The average molecular weight is 651 g/mol. The maximum absolute atomic E-state index is 3.98. The summed E-state index contributed by atoms with van der Waals surface area (Å²) in [6, 6.07) is 0. The Morgan fingerprint density at radius 3 is 1.00 bits per heavy atom. The summed E-state index contributed by atoms with van der Waals surface area (Å²) in [6.07, 6.45) is 0. The predicted octanol–water partition coefficient (Wildman–Crippen LogP) is 4.87. The monoisotopic (exact) mass is 647 g/mol. The molecule has 0 N–H and O–H groups in total. The molecule has 0 fully saturated rings. The van der Waals surface area contributed by atoms with Gasteiger partial charge in [-0.2, -0.15) is 0 Å². The third-order valence-electron chi connectivity index (χ3n) is 0.684. The summed E-state index contributed by atoms with van der Waals surface area (Å²) < 4.78 is 1.19. The van der Waals surface area contributed by atoms with Crippen LogP contribution >= 0.6 is 84.0 Å². The van der Waals surface area contributed by atoms with Crippen molar-refractivity contribution in [3.63, 3.8) is 0 Å². The molecule has 60 valence electrons. The first kappa shape index (κ1) is 13.7. The van der Waals surface area contributed by atoms with Gasteiger partial charge in [0.05, 0.1) is 0 Å². The van der Waals surface area contributed by atoms with E-state index in [2.05, 4.69) is 90.6 Å². The quantitative estimate of drug-likeness (QED) is 0.375. The van der Waals surface area contributed by atoms with Gasteiger partial charge in [-0.15, -0.1) is 0 Å². The third-order valence-corrected chi connectivity index (χ3v) is 50.6. The summed E-state index contributed by atoms with van der Waals surface area (Å²) >= 11 is 21.3. The summed E-state index contributed by atoms with van der Waals surface area (Å²) in [5, 5.41) is 0. The molecule has 0 saturated carbocycles. The van der Waals surface area contributed by atoms with Crippen LogP contribution in [0.25, 0.3) is 0 Å². The number of hydrogen-bond acceptors (Lipinski definition) is 0. The molecule has 0 spiro atoms. The fourth-order valence-corrected chi connectivity index (χ4v) is 117. The van der Waals surface area contributed by atoms with E-state index in [4.69, 9.17) is 0 Å². The van der Waals surface area contributed by atoms with Crippen LogP contribution in [0.3, 0.4) is 0 Å². The summed E-state index contributed by atoms with van der Waals surface area (Å²) in [7, 11) is -4.36. The fraction of sp³-hybridized carbons (Fsp3) is 0. The first-order valence-electron chi connectivity index (χ1n) is 1.99. The van der Waals surface area contributed by atoms with Crippen molar-refractivity contribution in [1.29, 1.82) is 0 Å². The van der Waals surface area contributed by atoms with Crippen molar-refractivity contribution in [3.8, 4) is 0 Å². The number of rotatable bonds is 2. The fourth-order valence-electron chi connectivity index (χ4n) is 0.161. The van der Waals surface area contributed by atoms with Gasteiger partial charge in [0.25, 0.3) is 0 Å². The molecule has 0 heterocycles. The number of halogens is 6.